The van der Waals surface area contributed by atoms with Crippen LogP contribution in [0.25, 0.3) is 5.70 Å². The molecule has 14 heteroatoms. The number of nitrogens with zero attached hydrogens (tertiary/aromatic N) is 6. The van der Waals surface area contributed by atoms with Crippen molar-refractivity contribution < 1.29 is 24.3 Å². The first kappa shape index (κ1) is 33.9. The molecule has 6 rings (SSSR count). The molecule has 14 nitrogen and oxygen atoms in total. The number of rotatable bonds is 12. The molecule has 2 fully saturated rings. The van der Waals surface area contributed by atoms with Gasteiger partial charge in [0.1, 0.15) is 17.5 Å². The molecule has 0 bridgehead atoms. The molecule has 0 radical (unpaired) electrons. The lowest BCUT2D eigenvalue weighted by Crippen LogP contribution is -2.59. The number of phenols is 1. The van der Waals surface area contributed by atoms with Gasteiger partial charge in [0.05, 0.1) is 18.3 Å². The van der Waals surface area contributed by atoms with Gasteiger partial charge in [0.15, 0.2) is 5.76 Å². The van der Waals surface area contributed by atoms with Crippen molar-refractivity contribution in [2.24, 2.45) is 17.4 Å². The van der Waals surface area contributed by atoms with Crippen LogP contribution < -0.4 is 26.4 Å². The van der Waals surface area contributed by atoms with Crippen molar-refractivity contribution in [1.29, 1.82) is 0 Å². The average Bonchev–Trinajstić information content (AvgIpc) is 3.55. The zero-order chi connectivity index (χ0) is 34.5. The molecule has 3 aliphatic rings. The van der Waals surface area contributed by atoms with Crippen LogP contribution >= 0.6 is 0 Å². The fraction of sp³-hybridized carbons (Fsp3) is 0.486. The number of piperidine rings is 1. The number of carbonyl (C=O) groups is 1. The van der Waals surface area contributed by atoms with Gasteiger partial charge in [-0.1, -0.05) is 26.0 Å². The molecule has 2 unspecified atom stereocenters. The molecular formula is C35H47N9O5. The number of hydrogen-bond acceptors (Lipinski definition) is 13. The van der Waals surface area contributed by atoms with Gasteiger partial charge in [-0.15, -0.1) is 0 Å². The molecule has 3 aromatic rings. The van der Waals surface area contributed by atoms with Crippen LogP contribution in [0.4, 0.5) is 5.95 Å². The third-order valence-corrected chi connectivity index (χ3v) is 9.72. The van der Waals surface area contributed by atoms with Crippen molar-refractivity contribution in [1.82, 2.24) is 30.2 Å². The maximum Gasteiger partial charge on any atom is 0.314 e. The first-order valence-electron chi connectivity index (χ1n) is 17.0. The van der Waals surface area contributed by atoms with E-state index in [0.29, 0.717) is 47.8 Å². The number of benzene rings is 1. The summed E-state index contributed by atoms with van der Waals surface area (Å²) in [5.74, 6) is 0.732. The Morgan fingerprint density at radius 3 is 2.63 bits per heavy atom. The summed E-state index contributed by atoms with van der Waals surface area (Å²) in [6, 6.07) is 8.76. The molecule has 0 amide bonds. The Kier molecular flexibility index (Phi) is 10.4. The zero-order valence-corrected chi connectivity index (χ0v) is 28.2. The fourth-order valence-corrected chi connectivity index (χ4v) is 6.99. The van der Waals surface area contributed by atoms with Crippen molar-refractivity contribution in [2.75, 3.05) is 57.3 Å². The van der Waals surface area contributed by atoms with Crippen LogP contribution in [0.2, 0.25) is 0 Å². The molecule has 0 saturated carbocycles. The molecule has 5 heterocycles. The second-order valence-electron chi connectivity index (χ2n) is 13.4. The summed E-state index contributed by atoms with van der Waals surface area (Å²) in [6.07, 6.45) is 8.74. The second kappa shape index (κ2) is 15.1. The molecule has 2 aromatic heterocycles. The summed E-state index contributed by atoms with van der Waals surface area (Å²) < 4.78 is 11.0. The van der Waals surface area contributed by atoms with Crippen LogP contribution in [-0.4, -0.2) is 99.6 Å². The van der Waals surface area contributed by atoms with Crippen LogP contribution in [0.5, 0.6) is 11.6 Å². The van der Waals surface area contributed by atoms with E-state index in [-0.39, 0.29) is 17.7 Å². The number of allylic oxidation sites excluding steroid dienone is 1. The van der Waals surface area contributed by atoms with Crippen molar-refractivity contribution >= 4 is 17.6 Å². The zero-order valence-electron chi connectivity index (χ0n) is 28.2. The van der Waals surface area contributed by atoms with Crippen molar-refractivity contribution in [3.63, 3.8) is 0 Å². The molecule has 0 spiro atoms. The number of nitrogens with one attached hydrogen (secondary N) is 1. The number of phenolic OH excluding ortho intramolecular Hbond substituents is 1. The normalized spacial score (nSPS) is 19.9. The molecule has 262 valence electrons. The molecular weight excluding hydrogens is 626 g/mol. The second-order valence-corrected chi connectivity index (χ2v) is 13.4. The van der Waals surface area contributed by atoms with E-state index in [1.54, 1.807) is 24.3 Å². The van der Waals surface area contributed by atoms with Gasteiger partial charge >= 0.3 is 5.97 Å². The number of aromatic hydroxyl groups is 1. The quantitative estimate of drug-likeness (QED) is 0.176. The monoisotopic (exact) mass is 673 g/mol. The van der Waals surface area contributed by atoms with Gasteiger partial charge in [-0.2, -0.15) is 0 Å². The number of carboxylic acids is 1. The van der Waals surface area contributed by atoms with E-state index in [1.165, 1.54) is 5.56 Å². The summed E-state index contributed by atoms with van der Waals surface area (Å²) in [5, 5.41) is 26.9. The summed E-state index contributed by atoms with van der Waals surface area (Å²) in [4.78, 5) is 28.1. The van der Waals surface area contributed by atoms with Gasteiger partial charge < -0.3 is 51.0 Å². The van der Waals surface area contributed by atoms with Gasteiger partial charge in [-0.25, -0.2) is 9.97 Å². The highest BCUT2D eigenvalue weighted by Crippen LogP contribution is 2.31. The first-order valence-corrected chi connectivity index (χ1v) is 17.0. The van der Waals surface area contributed by atoms with Gasteiger partial charge in [0.2, 0.25) is 5.95 Å². The minimum atomic E-state index is -0.930. The maximum atomic E-state index is 11.5. The smallest absolute Gasteiger partial charge is 0.314 e. The Morgan fingerprint density at radius 1 is 1.16 bits per heavy atom. The van der Waals surface area contributed by atoms with E-state index in [4.69, 9.17) is 30.7 Å². The molecule has 7 N–H and O–H groups in total. The van der Waals surface area contributed by atoms with Gasteiger partial charge in [-0.3, -0.25) is 4.79 Å². The lowest BCUT2D eigenvalue weighted by Gasteiger charge is -2.46. The van der Waals surface area contributed by atoms with Gasteiger partial charge in [0.25, 0.3) is 5.88 Å². The number of nitrogens with two attached hydrogens (primary N) is 2. The van der Waals surface area contributed by atoms with Gasteiger partial charge in [-0.05, 0) is 73.1 Å². The lowest BCUT2D eigenvalue weighted by atomic mass is 9.91. The number of hydrogen-bond donors (Lipinski definition) is 5. The minimum Gasteiger partial charge on any atom is -0.507 e. The number of piperazine rings is 1. The van der Waals surface area contributed by atoms with Gasteiger partial charge in [0, 0.05) is 62.4 Å². The topological polar surface area (TPSA) is 192 Å². The van der Waals surface area contributed by atoms with Crippen LogP contribution in [0.1, 0.15) is 61.8 Å². The van der Waals surface area contributed by atoms with Crippen LogP contribution in [0.3, 0.4) is 0 Å². The fourth-order valence-electron chi connectivity index (χ4n) is 6.99. The Morgan fingerprint density at radius 2 is 1.92 bits per heavy atom. The van der Waals surface area contributed by atoms with E-state index in [9.17, 15) is 15.0 Å². The Hall–Kier alpha value is -4.98. The number of aliphatic carboxylic acids is 1. The van der Waals surface area contributed by atoms with Crippen LogP contribution in [-0.2, 0) is 4.79 Å². The highest BCUT2D eigenvalue weighted by Gasteiger charge is 2.33. The standard InChI is InChI=1S/C35H47N9O5/c1-22(2)32(34(46)47)30-17-31(41-49-30)48-15-5-10-42-11-8-23(9-12-42)24-18-39-35(40-19-24)43-13-14-44-25(21-43)20-38-33(37)28(44)16-27(36)26-6-3-4-7-29(26)45/h3-4,6-7,16-19,22-23,25,32,38,45H,5,8-15,20-21,36-37H2,1-2H3,(H,46,47)/b27-16-. The highest BCUT2D eigenvalue weighted by molar-refractivity contribution is 5.75. The number of ether oxygens (including phenoxy) is 1. The first-order chi connectivity index (χ1) is 23.7. The number of carboxylic acid groups (broad SMARTS) is 1. The van der Waals surface area contributed by atoms with E-state index in [2.05, 4.69) is 25.2 Å². The highest BCUT2D eigenvalue weighted by atomic mass is 16.5. The van der Waals surface area contributed by atoms with Crippen molar-refractivity contribution in [3.8, 4) is 11.6 Å². The molecule has 49 heavy (non-hydrogen) atoms. The Labute approximate surface area is 286 Å². The number of likely N-dealkylation sites (tertiary alicyclic amines) is 1. The molecule has 2 atom stereocenters. The third-order valence-electron chi connectivity index (χ3n) is 9.72. The van der Waals surface area contributed by atoms with Crippen molar-refractivity contribution in [2.45, 2.75) is 51.0 Å². The summed E-state index contributed by atoms with van der Waals surface area (Å²) in [7, 11) is 0. The van der Waals surface area contributed by atoms with E-state index >= 15 is 0 Å². The Balaban J connectivity index is 0.952. The summed E-state index contributed by atoms with van der Waals surface area (Å²) in [5.41, 5.74) is 15.8. The SMILES string of the molecule is CC(C)C(C(=O)O)c1cc(OCCCN2CCC(c3cnc(N4CCN5C(/C=C(\N)c6ccccc6O)=C(N)NCC5C4)nc3)CC2)no1. The number of anilines is 1. The summed E-state index contributed by atoms with van der Waals surface area (Å²) in [6.45, 7) is 10.0. The maximum absolute atomic E-state index is 11.5. The molecule has 0 aliphatic carbocycles. The van der Waals surface area contributed by atoms with Crippen LogP contribution in [0, 0.1) is 5.92 Å². The van der Waals surface area contributed by atoms with E-state index in [0.717, 1.165) is 70.2 Å². The van der Waals surface area contributed by atoms with E-state index < -0.39 is 11.9 Å². The van der Waals surface area contributed by atoms with E-state index in [1.807, 2.05) is 38.4 Å². The molecule has 2 saturated heterocycles. The summed E-state index contributed by atoms with van der Waals surface area (Å²) >= 11 is 0. The number of para-hydroxylation sites is 1. The largest absolute Gasteiger partial charge is 0.507 e. The predicted molar refractivity (Wildman–Crippen MR) is 184 cm³/mol. The predicted octanol–water partition coefficient (Wildman–Crippen LogP) is 2.86. The minimum absolute atomic E-state index is 0.110. The number of aromatic nitrogens is 3. The number of fused-ring (bicyclic) bond motifs is 1. The molecule has 1 aromatic carbocycles. The lowest BCUT2D eigenvalue weighted by molar-refractivity contribution is -0.140. The Bertz CT molecular complexity index is 1650. The third kappa shape index (κ3) is 7.85. The van der Waals surface area contributed by atoms with Crippen LogP contribution in [0.15, 0.2) is 64.8 Å². The molecule has 3 aliphatic heterocycles. The average molecular weight is 674 g/mol. The van der Waals surface area contributed by atoms with Crippen molar-refractivity contribution in [3.05, 3.63) is 77.2 Å².